The Balaban J connectivity index is 2.26. The number of hydrogen-bond acceptors (Lipinski definition) is 4. The van der Waals surface area contributed by atoms with Crippen LogP contribution >= 0.6 is 0 Å². The van der Waals surface area contributed by atoms with E-state index in [0.29, 0.717) is 23.3 Å². The monoisotopic (exact) mass is 262 g/mol. The van der Waals surface area contributed by atoms with Crippen LogP contribution in [0, 0.1) is 12.8 Å². The van der Waals surface area contributed by atoms with Gasteiger partial charge in [0.05, 0.1) is 0 Å². The van der Waals surface area contributed by atoms with Crippen molar-refractivity contribution in [3.63, 3.8) is 0 Å². The summed E-state index contributed by atoms with van der Waals surface area (Å²) < 4.78 is 0. The van der Waals surface area contributed by atoms with Crippen molar-refractivity contribution in [1.82, 2.24) is 9.88 Å². The molecule has 1 unspecified atom stereocenters. The first-order valence-electron chi connectivity index (χ1n) is 6.79. The second kappa shape index (κ2) is 5.57. The van der Waals surface area contributed by atoms with Crippen molar-refractivity contribution in [1.29, 1.82) is 0 Å². The fraction of sp³-hybridized carbons (Fsp3) is 0.571. The van der Waals surface area contributed by atoms with Gasteiger partial charge in [0.25, 0.3) is 5.91 Å². The number of hydrogen-bond donors (Lipinski definition) is 2. The Morgan fingerprint density at radius 2 is 2.26 bits per heavy atom. The SMILES string of the molecule is Cc1cc(C(=O)N2CCCC2C(C)C)cc(NN)n1. The number of nitrogens with one attached hydrogen (secondary N) is 1. The summed E-state index contributed by atoms with van der Waals surface area (Å²) in [5.41, 5.74) is 3.96. The molecule has 2 heterocycles. The number of nitrogens with zero attached hydrogens (tertiary/aromatic N) is 2. The fourth-order valence-corrected chi connectivity index (χ4v) is 2.77. The first-order valence-corrected chi connectivity index (χ1v) is 6.79. The summed E-state index contributed by atoms with van der Waals surface area (Å²) in [7, 11) is 0. The Hall–Kier alpha value is -1.62. The van der Waals surface area contributed by atoms with Crippen LogP contribution in [0.25, 0.3) is 0 Å². The number of anilines is 1. The molecule has 3 N–H and O–H groups in total. The molecule has 19 heavy (non-hydrogen) atoms. The minimum absolute atomic E-state index is 0.0817. The lowest BCUT2D eigenvalue weighted by Gasteiger charge is -2.28. The first kappa shape index (κ1) is 13.8. The average Bonchev–Trinajstić information content (AvgIpc) is 2.86. The molecular weight excluding hydrogens is 240 g/mol. The summed E-state index contributed by atoms with van der Waals surface area (Å²) in [6.07, 6.45) is 2.18. The number of nitrogens with two attached hydrogens (primary N) is 1. The van der Waals surface area contributed by atoms with Gasteiger partial charge in [-0.2, -0.15) is 0 Å². The van der Waals surface area contributed by atoms with E-state index in [-0.39, 0.29) is 5.91 Å². The van der Waals surface area contributed by atoms with Crippen molar-refractivity contribution in [3.8, 4) is 0 Å². The third-order valence-electron chi connectivity index (χ3n) is 3.68. The maximum atomic E-state index is 12.6. The molecular formula is C14H22N4O. The third kappa shape index (κ3) is 2.87. The van der Waals surface area contributed by atoms with Gasteiger partial charge in [0, 0.05) is 23.8 Å². The molecule has 1 aliphatic heterocycles. The predicted molar refractivity (Wildman–Crippen MR) is 75.7 cm³/mol. The Bertz CT molecular complexity index is 473. The van der Waals surface area contributed by atoms with Gasteiger partial charge in [-0.25, -0.2) is 10.8 Å². The normalized spacial score (nSPS) is 19.0. The lowest BCUT2D eigenvalue weighted by molar-refractivity contribution is 0.0701. The number of carbonyl (C=O) groups is 1. The molecule has 0 saturated carbocycles. The number of carbonyl (C=O) groups excluding carboxylic acids is 1. The van der Waals surface area contributed by atoms with Gasteiger partial charge in [-0.3, -0.25) is 4.79 Å². The molecule has 1 fully saturated rings. The van der Waals surface area contributed by atoms with Crippen LogP contribution in [0.5, 0.6) is 0 Å². The summed E-state index contributed by atoms with van der Waals surface area (Å²) in [5.74, 6) is 6.48. The number of rotatable bonds is 3. The van der Waals surface area contributed by atoms with Gasteiger partial charge < -0.3 is 10.3 Å². The number of aromatic nitrogens is 1. The van der Waals surface area contributed by atoms with Gasteiger partial charge in [0.1, 0.15) is 5.82 Å². The van der Waals surface area contributed by atoms with Crippen LogP contribution in [0.1, 0.15) is 42.7 Å². The minimum atomic E-state index is 0.0817. The first-order chi connectivity index (χ1) is 9.02. The Kier molecular flexibility index (Phi) is 4.04. The van der Waals surface area contributed by atoms with E-state index in [1.54, 1.807) is 6.07 Å². The van der Waals surface area contributed by atoms with Crippen LogP contribution in [0.15, 0.2) is 12.1 Å². The van der Waals surface area contributed by atoms with Crippen LogP contribution in [0.2, 0.25) is 0 Å². The topological polar surface area (TPSA) is 71.2 Å². The molecule has 0 spiro atoms. The Labute approximate surface area is 114 Å². The number of aryl methyl sites for hydroxylation is 1. The zero-order valence-corrected chi connectivity index (χ0v) is 11.8. The second-order valence-electron chi connectivity index (χ2n) is 5.48. The van der Waals surface area contributed by atoms with E-state index in [1.165, 1.54) is 0 Å². The minimum Gasteiger partial charge on any atom is -0.335 e. The van der Waals surface area contributed by atoms with Crippen LogP contribution < -0.4 is 11.3 Å². The van der Waals surface area contributed by atoms with Gasteiger partial charge in [0.15, 0.2) is 0 Å². The zero-order chi connectivity index (χ0) is 14.0. The molecule has 1 atom stereocenters. The van der Waals surface area contributed by atoms with Crippen molar-refractivity contribution >= 4 is 11.7 Å². The summed E-state index contributed by atoms with van der Waals surface area (Å²) in [6.45, 7) is 7.04. The van der Waals surface area contributed by atoms with Crippen molar-refractivity contribution in [2.75, 3.05) is 12.0 Å². The number of hydrazine groups is 1. The molecule has 1 aliphatic rings. The van der Waals surface area contributed by atoms with Gasteiger partial charge in [-0.15, -0.1) is 0 Å². The van der Waals surface area contributed by atoms with E-state index in [2.05, 4.69) is 24.3 Å². The Morgan fingerprint density at radius 3 is 2.89 bits per heavy atom. The molecule has 0 aliphatic carbocycles. The average molecular weight is 262 g/mol. The summed E-state index contributed by atoms with van der Waals surface area (Å²) in [6, 6.07) is 3.87. The van der Waals surface area contributed by atoms with E-state index in [0.717, 1.165) is 25.1 Å². The second-order valence-corrected chi connectivity index (χ2v) is 5.48. The fourth-order valence-electron chi connectivity index (χ4n) is 2.77. The predicted octanol–water partition coefficient (Wildman–Crippen LogP) is 1.94. The van der Waals surface area contributed by atoms with Gasteiger partial charge in [-0.1, -0.05) is 13.8 Å². The zero-order valence-electron chi connectivity index (χ0n) is 11.8. The lowest BCUT2D eigenvalue weighted by atomic mass is 10.0. The van der Waals surface area contributed by atoms with Crippen LogP contribution in [0.4, 0.5) is 5.82 Å². The molecule has 104 valence electrons. The van der Waals surface area contributed by atoms with Crippen molar-refractivity contribution in [2.45, 2.75) is 39.7 Å². The molecule has 1 amide bonds. The number of likely N-dealkylation sites (tertiary alicyclic amines) is 1. The van der Waals surface area contributed by atoms with E-state index >= 15 is 0 Å². The van der Waals surface area contributed by atoms with Gasteiger partial charge in [-0.05, 0) is 37.8 Å². The highest BCUT2D eigenvalue weighted by Gasteiger charge is 2.31. The summed E-state index contributed by atoms with van der Waals surface area (Å²) in [5, 5.41) is 0. The van der Waals surface area contributed by atoms with Gasteiger partial charge >= 0.3 is 0 Å². The molecule has 0 aromatic carbocycles. The largest absolute Gasteiger partial charge is 0.335 e. The van der Waals surface area contributed by atoms with E-state index in [9.17, 15) is 4.79 Å². The molecule has 0 bridgehead atoms. The van der Waals surface area contributed by atoms with Crippen molar-refractivity contribution < 1.29 is 4.79 Å². The summed E-state index contributed by atoms with van der Waals surface area (Å²) in [4.78, 5) is 18.8. The maximum Gasteiger partial charge on any atom is 0.254 e. The molecule has 1 aromatic heterocycles. The van der Waals surface area contributed by atoms with E-state index < -0.39 is 0 Å². The lowest BCUT2D eigenvalue weighted by Crippen LogP contribution is -2.38. The highest BCUT2D eigenvalue weighted by atomic mass is 16.2. The third-order valence-corrected chi connectivity index (χ3v) is 3.68. The highest BCUT2D eigenvalue weighted by Crippen LogP contribution is 2.26. The van der Waals surface area contributed by atoms with Crippen LogP contribution in [0.3, 0.4) is 0 Å². The quantitative estimate of drug-likeness (QED) is 0.645. The summed E-state index contributed by atoms with van der Waals surface area (Å²) >= 11 is 0. The van der Waals surface area contributed by atoms with Crippen LogP contribution in [-0.2, 0) is 0 Å². The molecule has 1 aromatic rings. The maximum absolute atomic E-state index is 12.6. The molecule has 5 nitrogen and oxygen atoms in total. The molecule has 1 saturated heterocycles. The molecule has 5 heteroatoms. The molecule has 0 radical (unpaired) electrons. The van der Waals surface area contributed by atoms with E-state index in [1.807, 2.05) is 17.9 Å². The smallest absolute Gasteiger partial charge is 0.254 e. The van der Waals surface area contributed by atoms with E-state index in [4.69, 9.17) is 5.84 Å². The number of pyridine rings is 1. The Morgan fingerprint density at radius 1 is 1.53 bits per heavy atom. The van der Waals surface area contributed by atoms with Crippen LogP contribution in [-0.4, -0.2) is 28.4 Å². The molecule has 2 rings (SSSR count). The number of nitrogen functional groups attached to an aromatic ring is 1. The van der Waals surface area contributed by atoms with Crippen molar-refractivity contribution in [3.05, 3.63) is 23.4 Å². The standard InChI is InChI=1S/C14H22N4O/c1-9(2)12-5-4-6-18(12)14(19)11-7-10(3)16-13(8-11)17-15/h7-9,12H,4-6,15H2,1-3H3,(H,16,17). The highest BCUT2D eigenvalue weighted by molar-refractivity contribution is 5.95. The number of amides is 1. The van der Waals surface area contributed by atoms with Crippen molar-refractivity contribution in [2.24, 2.45) is 11.8 Å². The van der Waals surface area contributed by atoms with Gasteiger partial charge in [0.2, 0.25) is 0 Å².